The van der Waals surface area contributed by atoms with Gasteiger partial charge in [-0.25, -0.2) is 8.42 Å². The zero-order valence-electron chi connectivity index (χ0n) is 14.1. The molecule has 1 aliphatic heterocycles. The summed E-state index contributed by atoms with van der Waals surface area (Å²) in [6.45, 7) is 1.83. The summed E-state index contributed by atoms with van der Waals surface area (Å²) in [6.07, 6.45) is -0.203. The fourth-order valence-electron chi connectivity index (χ4n) is 3.03. The van der Waals surface area contributed by atoms with Crippen LogP contribution in [-0.4, -0.2) is 58.1 Å². The van der Waals surface area contributed by atoms with Gasteiger partial charge in [0.25, 0.3) is 0 Å². The molecule has 1 atom stereocenters. The Balaban J connectivity index is 1.99. The summed E-state index contributed by atoms with van der Waals surface area (Å²) in [6, 6.07) is 12.6. The molecule has 0 unspecified atom stereocenters. The van der Waals surface area contributed by atoms with E-state index in [1.54, 1.807) is 23.1 Å². The molecule has 1 saturated heterocycles. The minimum Gasteiger partial charge on any atom is -0.469 e. The average molecular weight is 363 g/mol. The van der Waals surface area contributed by atoms with Crippen LogP contribution in [0.4, 0.5) is 0 Å². The zero-order valence-corrected chi connectivity index (χ0v) is 14.9. The highest BCUT2D eigenvalue weighted by Gasteiger charge is 2.36. The molecule has 2 aromatic rings. The first kappa shape index (κ1) is 17.8. The number of esters is 1. The lowest BCUT2D eigenvalue weighted by atomic mass is 10.1. The van der Waals surface area contributed by atoms with Gasteiger partial charge in [0.15, 0.2) is 9.84 Å². The molecule has 2 aromatic carbocycles. The predicted molar refractivity (Wildman–Crippen MR) is 93.9 cm³/mol. The van der Waals surface area contributed by atoms with Crippen molar-refractivity contribution < 1.29 is 22.7 Å². The van der Waals surface area contributed by atoms with Gasteiger partial charge in [0.1, 0.15) is 5.37 Å². The maximum Gasteiger partial charge on any atom is 0.308 e. The highest BCUT2D eigenvalue weighted by Crippen LogP contribution is 2.26. The molecule has 7 heteroatoms. The van der Waals surface area contributed by atoms with Gasteiger partial charge in [0.2, 0.25) is 0 Å². The minimum atomic E-state index is -3.73. The van der Waals surface area contributed by atoms with Gasteiger partial charge in [-0.05, 0) is 22.9 Å². The van der Waals surface area contributed by atoms with Crippen molar-refractivity contribution in [2.75, 3.05) is 33.4 Å². The summed E-state index contributed by atoms with van der Waals surface area (Å²) in [5.74, 6) is -0.541. The van der Waals surface area contributed by atoms with E-state index in [0.29, 0.717) is 26.3 Å². The van der Waals surface area contributed by atoms with Gasteiger partial charge in [-0.2, -0.15) is 0 Å². The van der Waals surface area contributed by atoms with Crippen molar-refractivity contribution in [3.05, 3.63) is 42.5 Å². The Morgan fingerprint density at radius 2 is 1.84 bits per heavy atom. The Morgan fingerprint density at radius 3 is 2.52 bits per heavy atom. The summed E-state index contributed by atoms with van der Waals surface area (Å²) in [5, 5.41) is 0.865. The first-order valence-electron chi connectivity index (χ1n) is 8.13. The minimum absolute atomic E-state index is 0.203. The second-order valence-electron chi connectivity index (χ2n) is 5.94. The van der Waals surface area contributed by atoms with Crippen LogP contribution in [0.1, 0.15) is 6.42 Å². The lowest BCUT2D eigenvalue weighted by Crippen LogP contribution is -2.48. The number of benzene rings is 2. The van der Waals surface area contributed by atoms with E-state index in [4.69, 9.17) is 9.47 Å². The molecule has 134 valence electrons. The molecule has 0 amide bonds. The first-order valence-corrected chi connectivity index (χ1v) is 9.68. The van der Waals surface area contributed by atoms with Gasteiger partial charge in [0.05, 0.1) is 31.6 Å². The predicted octanol–water partition coefficient (Wildman–Crippen LogP) is 1.83. The van der Waals surface area contributed by atoms with Gasteiger partial charge in [-0.15, -0.1) is 0 Å². The Labute approximate surface area is 147 Å². The van der Waals surface area contributed by atoms with E-state index in [-0.39, 0.29) is 11.3 Å². The Bertz CT molecular complexity index is 859. The molecule has 1 heterocycles. The Morgan fingerprint density at radius 1 is 1.16 bits per heavy atom. The monoisotopic (exact) mass is 363 g/mol. The summed E-state index contributed by atoms with van der Waals surface area (Å²) in [5.41, 5.74) is 0. The molecule has 0 N–H and O–H groups in total. The van der Waals surface area contributed by atoms with Crippen molar-refractivity contribution >= 4 is 26.6 Å². The summed E-state index contributed by atoms with van der Waals surface area (Å²) in [7, 11) is -2.46. The number of methoxy groups -OCH3 is 1. The Hall–Kier alpha value is -1.96. The fraction of sp³-hybridized carbons (Fsp3) is 0.389. The van der Waals surface area contributed by atoms with Crippen LogP contribution in [0.15, 0.2) is 47.4 Å². The summed E-state index contributed by atoms with van der Waals surface area (Å²) < 4.78 is 36.5. The van der Waals surface area contributed by atoms with Gasteiger partial charge < -0.3 is 9.47 Å². The quantitative estimate of drug-likeness (QED) is 0.755. The molecule has 25 heavy (non-hydrogen) atoms. The van der Waals surface area contributed by atoms with Crippen LogP contribution < -0.4 is 0 Å². The molecule has 1 aliphatic rings. The molecular weight excluding hydrogens is 342 g/mol. The smallest absolute Gasteiger partial charge is 0.308 e. The lowest BCUT2D eigenvalue weighted by Gasteiger charge is -2.33. The maximum atomic E-state index is 13.2. The molecule has 0 aromatic heterocycles. The second kappa shape index (κ2) is 7.51. The van der Waals surface area contributed by atoms with E-state index >= 15 is 0 Å². The van der Waals surface area contributed by atoms with Crippen LogP contribution in [0.3, 0.4) is 0 Å². The third-order valence-electron chi connectivity index (χ3n) is 4.43. The molecule has 0 radical (unpaired) electrons. The number of nitrogens with zero attached hydrogens (tertiary/aromatic N) is 1. The largest absolute Gasteiger partial charge is 0.469 e. The van der Waals surface area contributed by atoms with Crippen molar-refractivity contribution in [3.8, 4) is 0 Å². The second-order valence-corrected chi connectivity index (χ2v) is 8.04. The molecule has 0 spiro atoms. The van der Waals surface area contributed by atoms with Crippen LogP contribution >= 0.6 is 0 Å². The molecule has 0 bridgehead atoms. The van der Waals surface area contributed by atoms with Crippen molar-refractivity contribution in [3.63, 3.8) is 0 Å². The van der Waals surface area contributed by atoms with Crippen molar-refractivity contribution in [2.45, 2.75) is 16.7 Å². The van der Waals surface area contributed by atoms with Crippen LogP contribution in [0.25, 0.3) is 10.8 Å². The molecule has 1 fully saturated rings. The highest BCUT2D eigenvalue weighted by atomic mass is 32.2. The number of carbonyl (C=O) groups excluding carboxylic acids is 1. The van der Waals surface area contributed by atoms with E-state index in [2.05, 4.69) is 0 Å². The van der Waals surface area contributed by atoms with Crippen molar-refractivity contribution in [1.29, 1.82) is 0 Å². The number of carbonyl (C=O) groups is 1. The molecule has 6 nitrogen and oxygen atoms in total. The van der Waals surface area contributed by atoms with Crippen LogP contribution in [-0.2, 0) is 24.1 Å². The topological polar surface area (TPSA) is 72.9 Å². The van der Waals surface area contributed by atoms with Crippen LogP contribution in [0.5, 0.6) is 0 Å². The molecule has 0 saturated carbocycles. The highest BCUT2D eigenvalue weighted by molar-refractivity contribution is 7.92. The Kier molecular flexibility index (Phi) is 5.36. The maximum absolute atomic E-state index is 13.2. The molecule has 3 rings (SSSR count). The number of rotatable bonds is 5. The third kappa shape index (κ3) is 3.84. The van der Waals surface area contributed by atoms with Crippen LogP contribution in [0.2, 0.25) is 0 Å². The standard InChI is InChI=1S/C18H21NO5S/c1-23-18(20)13-17(19-8-10-24-11-9-19)25(21,22)16-7-6-14-4-2-3-5-15(14)12-16/h2-7,12,17H,8-11,13H2,1H3/t17-/m1/s1. The van der Waals surface area contributed by atoms with Crippen molar-refractivity contribution in [2.24, 2.45) is 0 Å². The van der Waals surface area contributed by atoms with Gasteiger partial charge in [-0.1, -0.05) is 30.3 Å². The van der Waals surface area contributed by atoms with Gasteiger partial charge >= 0.3 is 5.97 Å². The van der Waals surface area contributed by atoms with Gasteiger partial charge in [0, 0.05) is 13.1 Å². The normalized spacial score (nSPS) is 17.3. The zero-order chi connectivity index (χ0) is 17.9. The number of sulfone groups is 1. The number of morpholine rings is 1. The van der Waals surface area contributed by atoms with E-state index in [1.165, 1.54) is 7.11 Å². The fourth-order valence-corrected chi connectivity index (χ4v) is 4.85. The SMILES string of the molecule is COC(=O)C[C@H](N1CCOCC1)S(=O)(=O)c1ccc2ccccc2c1. The number of fused-ring (bicyclic) bond motifs is 1. The van der Waals surface area contributed by atoms with E-state index in [9.17, 15) is 13.2 Å². The summed E-state index contributed by atoms with van der Waals surface area (Å²) >= 11 is 0. The van der Waals surface area contributed by atoms with Crippen molar-refractivity contribution in [1.82, 2.24) is 4.90 Å². The first-order chi connectivity index (χ1) is 12.0. The summed E-state index contributed by atoms with van der Waals surface area (Å²) in [4.78, 5) is 13.8. The number of ether oxygens (including phenoxy) is 2. The molecular formula is C18H21NO5S. The third-order valence-corrected chi connectivity index (χ3v) is 6.52. The number of hydrogen-bond acceptors (Lipinski definition) is 6. The average Bonchev–Trinajstić information content (AvgIpc) is 2.66. The van der Waals surface area contributed by atoms with E-state index in [1.807, 2.05) is 24.3 Å². The molecule has 0 aliphatic carbocycles. The lowest BCUT2D eigenvalue weighted by molar-refractivity contribution is -0.141. The van der Waals surface area contributed by atoms with E-state index in [0.717, 1.165) is 10.8 Å². The number of hydrogen-bond donors (Lipinski definition) is 0. The van der Waals surface area contributed by atoms with E-state index < -0.39 is 21.2 Å². The van der Waals surface area contributed by atoms with Crippen LogP contribution in [0, 0.1) is 0 Å². The van der Waals surface area contributed by atoms with Gasteiger partial charge in [-0.3, -0.25) is 9.69 Å².